The number of hydrogen-bond donors (Lipinski definition) is 4. The van der Waals surface area contributed by atoms with E-state index < -0.39 is 23.4 Å². The minimum absolute atomic E-state index is 0.169. The highest BCUT2D eigenvalue weighted by molar-refractivity contribution is 7.18. The number of carbonyl (C=O) groups is 4. The predicted octanol–water partition coefficient (Wildman–Crippen LogP) is 2.90. The molecule has 1 fully saturated rings. The summed E-state index contributed by atoms with van der Waals surface area (Å²) in [6, 6.07) is 12.5. The normalized spacial score (nSPS) is 17.9. The quantitative estimate of drug-likeness (QED) is 0.468. The zero-order valence-corrected chi connectivity index (χ0v) is 16.5. The number of nitrogens with one attached hydrogen (secondary N) is 4. The van der Waals surface area contributed by atoms with Crippen molar-refractivity contribution < 1.29 is 23.6 Å². The van der Waals surface area contributed by atoms with E-state index in [2.05, 4.69) is 21.3 Å². The third kappa shape index (κ3) is 3.67. The molecule has 0 spiro atoms. The zero-order valence-electron chi connectivity index (χ0n) is 15.6. The molecule has 1 saturated heterocycles. The van der Waals surface area contributed by atoms with E-state index in [-0.39, 0.29) is 11.7 Å². The Hall–Kier alpha value is -3.92. The summed E-state index contributed by atoms with van der Waals surface area (Å²) >= 11 is 1.11. The summed E-state index contributed by atoms with van der Waals surface area (Å²) in [4.78, 5) is 48.6. The topological polar surface area (TPSA) is 130 Å². The molecule has 1 aliphatic rings. The van der Waals surface area contributed by atoms with Gasteiger partial charge in [0.1, 0.15) is 5.54 Å². The largest absolute Gasteiger partial charge is 0.459 e. The van der Waals surface area contributed by atoms with E-state index in [1.807, 2.05) is 0 Å². The van der Waals surface area contributed by atoms with Crippen LogP contribution in [0.1, 0.15) is 32.7 Å². The summed E-state index contributed by atoms with van der Waals surface area (Å²) < 4.78 is 5.04. The molecule has 3 aromatic rings. The van der Waals surface area contributed by atoms with Gasteiger partial charge in [0.2, 0.25) is 0 Å². The highest BCUT2D eigenvalue weighted by Gasteiger charge is 2.43. The van der Waals surface area contributed by atoms with Gasteiger partial charge in [-0.15, -0.1) is 11.3 Å². The van der Waals surface area contributed by atoms with Gasteiger partial charge in [0, 0.05) is 5.69 Å². The van der Waals surface area contributed by atoms with Gasteiger partial charge in [-0.05, 0) is 48.9 Å². The van der Waals surface area contributed by atoms with Crippen molar-refractivity contribution in [1.29, 1.82) is 0 Å². The Morgan fingerprint density at radius 3 is 2.57 bits per heavy atom. The number of imide groups is 1. The molecule has 1 atom stereocenters. The van der Waals surface area contributed by atoms with Gasteiger partial charge in [0.05, 0.1) is 16.1 Å². The van der Waals surface area contributed by atoms with Crippen LogP contribution in [0.15, 0.2) is 59.2 Å². The number of carbonyl (C=O) groups excluding carboxylic acids is 4. The van der Waals surface area contributed by atoms with Gasteiger partial charge in [-0.25, -0.2) is 4.79 Å². The maximum Gasteiger partial charge on any atom is 0.322 e. The zero-order chi connectivity index (χ0) is 21.3. The first-order valence-electron chi connectivity index (χ1n) is 8.85. The second kappa shape index (κ2) is 7.48. The lowest BCUT2D eigenvalue weighted by Gasteiger charge is -2.21. The minimum atomic E-state index is -1.22. The lowest BCUT2D eigenvalue weighted by molar-refractivity contribution is -0.123. The Balaban J connectivity index is 1.46. The van der Waals surface area contributed by atoms with Crippen molar-refractivity contribution in [1.82, 2.24) is 10.6 Å². The van der Waals surface area contributed by atoms with Crippen LogP contribution in [0, 0.1) is 0 Å². The Kier molecular flexibility index (Phi) is 4.84. The number of anilines is 2. The molecule has 0 saturated carbocycles. The molecule has 9 nitrogen and oxygen atoms in total. The average molecular weight is 424 g/mol. The van der Waals surface area contributed by atoms with Crippen LogP contribution >= 0.6 is 11.3 Å². The van der Waals surface area contributed by atoms with Gasteiger partial charge in [-0.1, -0.05) is 12.1 Å². The standard InChI is InChI=1S/C20H16N4O5S/c1-20(18(27)23-19(28)24-20)11-4-2-5-12(10-11)21-17(26)14-7-8-15(30-14)22-16(25)13-6-3-9-29-13/h2-10H,1H3,(H,21,26)(H,22,25)(H2,23,24,27,28)/t20-/m0/s1. The summed E-state index contributed by atoms with van der Waals surface area (Å²) in [6.07, 6.45) is 1.40. The summed E-state index contributed by atoms with van der Waals surface area (Å²) in [5.74, 6) is -1.08. The molecular formula is C20H16N4O5S. The van der Waals surface area contributed by atoms with Crippen LogP contribution in [0.2, 0.25) is 0 Å². The summed E-state index contributed by atoms with van der Waals surface area (Å²) in [5.41, 5.74) is -0.229. The van der Waals surface area contributed by atoms with E-state index in [0.29, 0.717) is 21.1 Å². The molecule has 3 heterocycles. The average Bonchev–Trinajstić information content (AvgIpc) is 3.44. The fourth-order valence-electron chi connectivity index (χ4n) is 2.96. The van der Waals surface area contributed by atoms with E-state index in [4.69, 9.17) is 4.42 Å². The molecule has 1 aromatic carbocycles. The fourth-order valence-corrected chi connectivity index (χ4v) is 3.75. The highest BCUT2D eigenvalue weighted by atomic mass is 32.1. The molecule has 30 heavy (non-hydrogen) atoms. The van der Waals surface area contributed by atoms with Crippen LogP contribution in [0.4, 0.5) is 15.5 Å². The molecule has 0 unspecified atom stereocenters. The molecule has 4 N–H and O–H groups in total. The molecule has 2 aromatic heterocycles. The molecule has 1 aliphatic heterocycles. The third-order valence-electron chi connectivity index (χ3n) is 4.55. The van der Waals surface area contributed by atoms with E-state index in [9.17, 15) is 19.2 Å². The summed E-state index contributed by atoms with van der Waals surface area (Å²) in [7, 11) is 0. The lowest BCUT2D eigenvalue weighted by Crippen LogP contribution is -2.40. The van der Waals surface area contributed by atoms with Crippen molar-refractivity contribution >= 4 is 45.8 Å². The van der Waals surface area contributed by atoms with Crippen molar-refractivity contribution in [2.24, 2.45) is 0 Å². The minimum Gasteiger partial charge on any atom is -0.459 e. The molecule has 5 amide bonds. The maximum absolute atomic E-state index is 12.6. The fraction of sp³-hybridized carbons (Fsp3) is 0.100. The molecule has 152 valence electrons. The van der Waals surface area contributed by atoms with Crippen LogP contribution < -0.4 is 21.3 Å². The monoisotopic (exact) mass is 424 g/mol. The number of urea groups is 1. The molecular weight excluding hydrogens is 408 g/mol. The van der Waals surface area contributed by atoms with Crippen LogP contribution in [-0.2, 0) is 10.3 Å². The number of hydrogen-bond acceptors (Lipinski definition) is 6. The van der Waals surface area contributed by atoms with Crippen LogP contribution in [0.5, 0.6) is 0 Å². The van der Waals surface area contributed by atoms with Gasteiger partial charge in [0.15, 0.2) is 5.76 Å². The van der Waals surface area contributed by atoms with Gasteiger partial charge in [-0.3, -0.25) is 19.7 Å². The van der Waals surface area contributed by atoms with Crippen molar-refractivity contribution in [3.8, 4) is 0 Å². The number of amides is 5. The lowest BCUT2D eigenvalue weighted by atomic mass is 9.92. The Bertz CT molecular complexity index is 1150. The molecule has 0 aliphatic carbocycles. The third-order valence-corrected chi connectivity index (χ3v) is 5.55. The van der Waals surface area contributed by atoms with Crippen LogP contribution in [0.25, 0.3) is 0 Å². The van der Waals surface area contributed by atoms with E-state index in [1.165, 1.54) is 12.3 Å². The second-order valence-corrected chi connectivity index (χ2v) is 7.75. The van der Waals surface area contributed by atoms with E-state index in [0.717, 1.165) is 11.3 Å². The molecule has 10 heteroatoms. The second-order valence-electron chi connectivity index (χ2n) is 6.66. The number of furan rings is 1. The Labute approximate surface area is 174 Å². The number of thiophene rings is 1. The molecule has 0 bridgehead atoms. The van der Waals surface area contributed by atoms with Crippen LogP contribution in [0.3, 0.4) is 0 Å². The van der Waals surface area contributed by atoms with Crippen molar-refractivity contribution in [2.45, 2.75) is 12.5 Å². The van der Waals surface area contributed by atoms with Crippen molar-refractivity contribution in [2.75, 3.05) is 10.6 Å². The molecule has 4 rings (SSSR count). The first-order chi connectivity index (χ1) is 14.3. The van der Waals surface area contributed by atoms with Crippen LogP contribution in [-0.4, -0.2) is 23.8 Å². The maximum atomic E-state index is 12.6. The van der Waals surface area contributed by atoms with Crippen molar-refractivity contribution in [3.63, 3.8) is 0 Å². The van der Waals surface area contributed by atoms with Gasteiger partial charge in [-0.2, -0.15) is 0 Å². The van der Waals surface area contributed by atoms with Gasteiger partial charge >= 0.3 is 6.03 Å². The Morgan fingerprint density at radius 2 is 1.87 bits per heavy atom. The molecule has 0 radical (unpaired) electrons. The Morgan fingerprint density at radius 1 is 1.03 bits per heavy atom. The summed E-state index contributed by atoms with van der Waals surface area (Å²) in [5, 5.41) is 10.7. The van der Waals surface area contributed by atoms with Crippen molar-refractivity contribution in [3.05, 3.63) is 71.0 Å². The van der Waals surface area contributed by atoms with Gasteiger partial charge < -0.3 is 20.4 Å². The van der Waals surface area contributed by atoms with E-state index in [1.54, 1.807) is 49.4 Å². The SMILES string of the molecule is C[C@@]1(c2cccc(NC(=O)c3ccc(NC(=O)c4ccco4)s3)c2)NC(=O)NC1=O. The summed E-state index contributed by atoms with van der Waals surface area (Å²) in [6.45, 7) is 1.58. The first kappa shape index (κ1) is 19.4. The smallest absolute Gasteiger partial charge is 0.322 e. The first-order valence-corrected chi connectivity index (χ1v) is 9.67. The predicted molar refractivity (Wildman–Crippen MR) is 109 cm³/mol. The highest BCUT2D eigenvalue weighted by Crippen LogP contribution is 2.28. The van der Waals surface area contributed by atoms with E-state index >= 15 is 0 Å². The number of benzene rings is 1. The van der Waals surface area contributed by atoms with Gasteiger partial charge in [0.25, 0.3) is 17.7 Å². The number of rotatable bonds is 5.